The lowest BCUT2D eigenvalue weighted by Crippen LogP contribution is -2.51. The Morgan fingerprint density at radius 1 is 1.25 bits per heavy atom. The lowest BCUT2D eigenvalue weighted by Gasteiger charge is -2.37. The van der Waals surface area contributed by atoms with Gasteiger partial charge in [-0.25, -0.2) is 4.79 Å². The second kappa shape index (κ2) is 10.7. The third-order valence-electron chi connectivity index (χ3n) is 6.06. The highest BCUT2D eigenvalue weighted by molar-refractivity contribution is 5.74. The average Bonchev–Trinajstić information content (AvgIpc) is 2.73. The van der Waals surface area contributed by atoms with E-state index < -0.39 is 0 Å². The Morgan fingerprint density at radius 3 is 2.71 bits per heavy atom. The van der Waals surface area contributed by atoms with Crippen molar-refractivity contribution in [2.75, 3.05) is 52.9 Å². The summed E-state index contributed by atoms with van der Waals surface area (Å²) in [6.07, 6.45) is 7.83. The first kappa shape index (κ1) is 21.0. The van der Waals surface area contributed by atoms with Crippen LogP contribution in [0.15, 0.2) is 24.5 Å². The number of aliphatic hydroxyl groups excluding tert-OH is 1. The Morgan fingerprint density at radius 2 is 2.00 bits per heavy atom. The minimum atomic E-state index is 0.0297. The Balaban J connectivity index is 1.53. The Hall–Kier alpha value is -1.70. The van der Waals surface area contributed by atoms with E-state index in [4.69, 9.17) is 0 Å². The third kappa shape index (κ3) is 6.15. The lowest BCUT2D eigenvalue weighted by molar-refractivity contribution is 0.115. The number of pyridine rings is 1. The van der Waals surface area contributed by atoms with Gasteiger partial charge in [-0.2, -0.15) is 0 Å². The molecular formula is C21H35N5O2. The minimum absolute atomic E-state index is 0.0297. The Labute approximate surface area is 168 Å². The fourth-order valence-electron chi connectivity index (χ4n) is 4.28. The summed E-state index contributed by atoms with van der Waals surface area (Å²) < 4.78 is 0. The Kier molecular flexibility index (Phi) is 8.06. The second-order valence-corrected chi connectivity index (χ2v) is 8.24. The molecule has 28 heavy (non-hydrogen) atoms. The van der Waals surface area contributed by atoms with Crippen LogP contribution in [0.3, 0.4) is 0 Å². The van der Waals surface area contributed by atoms with Gasteiger partial charge in [0.2, 0.25) is 0 Å². The monoisotopic (exact) mass is 389 g/mol. The van der Waals surface area contributed by atoms with Gasteiger partial charge in [0, 0.05) is 51.2 Å². The van der Waals surface area contributed by atoms with E-state index in [0.29, 0.717) is 19.0 Å². The van der Waals surface area contributed by atoms with E-state index in [1.807, 2.05) is 17.0 Å². The van der Waals surface area contributed by atoms with E-state index in [2.05, 4.69) is 27.1 Å². The minimum Gasteiger partial charge on any atom is -0.396 e. The van der Waals surface area contributed by atoms with E-state index in [-0.39, 0.29) is 18.7 Å². The fraction of sp³-hybridized carbons (Fsp3) is 0.714. The molecule has 7 nitrogen and oxygen atoms in total. The van der Waals surface area contributed by atoms with Crippen LogP contribution in [0.2, 0.25) is 0 Å². The maximum absolute atomic E-state index is 13.0. The molecule has 2 amide bonds. The molecule has 0 radical (unpaired) electrons. The van der Waals surface area contributed by atoms with Crippen LogP contribution >= 0.6 is 0 Å². The number of aliphatic hydroxyl groups is 1. The van der Waals surface area contributed by atoms with Crippen molar-refractivity contribution in [3.8, 4) is 0 Å². The molecule has 2 aliphatic rings. The number of urea groups is 1. The molecule has 1 aromatic rings. The summed E-state index contributed by atoms with van der Waals surface area (Å²) in [5, 5.41) is 12.5. The molecular weight excluding hydrogens is 354 g/mol. The largest absolute Gasteiger partial charge is 0.396 e. The molecule has 7 heteroatoms. The second-order valence-electron chi connectivity index (χ2n) is 8.24. The highest BCUT2D eigenvalue weighted by Crippen LogP contribution is 2.19. The van der Waals surface area contributed by atoms with Gasteiger partial charge in [-0.05, 0) is 76.0 Å². The van der Waals surface area contributed by atoms with Gasteiger partial charge in [0.25, 0.3) is 0 Å². The first-order valence-corrected chi connectivity index (χ1v) is 10.6. The molecule has 0 bridgehead atoms. The normalized spacial score (nSPS) is 22.1. The zero-order chi connectivity index (χ0) is 19.8. The molecule has 2 aliphatic heterocycles. The number of nitrogens with zero attached hydrogens (tertiary/aromatic N) is 4. The number of amides is 2. The summed E-state index contributed by atoms with van der Waals surface area (Å²) in [6, 6.07) is 4.27. The standard InChI is InChI=1S/C21H35N5O2/c1-24-12-6-20(7-13-24)26(16-18-4-8-22-9-5-18)21(28)23-10-14-25-11-2-3-19(15-25)17-27/h4-5,8-9,19-20,27H,2-3,6-7,10-17H2,1H3,(H,23,28). The number of rotatable bonds is 7. The zero-order valence-electron chi connectivity index (χ0n) is 17.1. The molecule has 1 atom stereocenters. The van der Waals surface area contributed by atoms with Gasteiger partial charge in [0.1, 0.15) is 0 Å². The van der Waals surface area contributed by atoms with Crippen LogP contribution in [-0.4, -0.2) is 89.8 Å². The first-order chi connectivity index (χ1) is 13.7. The van der Waals surface area contributed by atoms with Crippen LogP contribution in [0.25, 0.3) is 0 Å². The molecule has 2 fully saturated rings. The number of likely N-dealkylation sites (tertiary alicyclic amines) is 2. The van der Waals surface area contributed by atoms with Gasteiger partial charge < -0.3 is 25.1 Å². The number of hydrogen-bond donors (Lipinski definition) is 2. The summed E-state index contributed by atoms with van der Waals surface area (Å²) in [4.78, 5) is 23.8. The molecule has 0 spiro atoms. The summed E-state index contributed by atoms with van der Waals surface area (Å²) in [6.45, 7) is 6.43. The van der Waals surface area contributed by atoms with Gasteiger partial charge in [-0.15, -0.1) is 0 Å². The van der Waals surface area contributed by atoms with Crippen molar-refractivity contribution in [3.05, 3.63) is 30.1 Å². The smallest absolute Gasteiger partial charge is 0.317 e. The number of aromatic nitrogens is 1. The van der Waals surface area contributed by atoms with Gasteiger partial charge in [0.15, 0.2) is 0 Å². The van der Waals surface area contributed by atoms with E-state index >= 15 is 0 Å². The Bertz CT molecular complexity index is 592. The van der Waals surface area contributed by atoms with Crippen LogP contribution in [0.1, 0.15) is 31.2 Å². The molecule has 2 N–H and O–H groups in total. The first-order valence-electron chi connectivity index (χ1n) is 10.6. The average molecular weight is 390 g/mol. The number of piperidine rings is 2. The van der Waals surface area contributed by atoms with Crippen molar-refractivity contribution >= 4 is 6.03 Å². The van der Waals surface area contributed by atoms with E-state index in [1.165, 1.54) is 0 Å². The van der Waals surface area contributed by atoms with Crippen molar-refractivity contribution in [1.29, 1.82) is 0 Å². The number of carbonyl (C=O) groups is 1. The van der Waals surface area contributed by atoms with Gasteiger partial charge in [0.05, 0.1) is 0 Å². The molecule has 0 aromatic carbocycles. The van der Waals surface area contributed by atoms with Crippen molar-refractivity contribution in [2.24, 2.45) is 5.92 Å². The highest BCUT2D eigenvalue weighted by atomic mass is 16.3. The van der Waals surface area contributed by atoms with Crippen LogP contribution in [0.5, 0.6) is 0 Å². The molecule has 0 saturated carbocycles. The van der Waals surface area contributed by atoms with Crippen LogP contribution in [0, 0.1) is 5.92 Å². The topological polar surface area (TPSA) is 71.9 Å². The summed E-state index contributed by atoms with van der Waals surface area (Å²) >= 11 is 0. The molecule has 3 heterocycles. The maximum Gasteiger partial charge on any atom is 0.317 e. The van der Waals surface area contributed by atoms with Crippen molar-refractivity contribution < 1.29 is 9.90 Å². The van der Waals surface area contributed by atoms with Crippen molar-refractivity contribution in [1.82, 2.24) is 25.0 Å². The van der Waals surface area contributed by atoms with Gasteiger partial charge in [-0.1, -0.05) is 0 Å². The number of hydrogen-bond acceptors (Lipinski definition) is 5. The molecule has 3 rings (SSSR count). The SMILES string of the molecule is CN1CCC(N(Cc2ccncc2)C(=O)NCCN2CCCC(CO)C2)CC1. The molecule has 0 aliphatic carbocycles. The molecule has 1 aromatic heterocycles. The van der Waals surface area contributed by atoms with E-state index in [0.717, 1.165) is 64.0 Å². The number of nitrogens with one attached hydrogen (secondary N) is 1. The van der Waals surface area contributed by atoms with E-state index in [9.17, 15) is 9.90 Å². The van der Waals surface area contributed by atoms with E-state index in [1.54, 1.807) is 12.4 Å². The summed E-state index contributed by atoms with van der Waals surface area (Å²) in [7, 11) is 2.14. The van der Waals surface area contributed by atoms with Gasteiger partial charge >= 0.3 is 6.03 Å². The van der Waals surface area contributed by atoms with Crippen molar-refractivity contribution in [3.63, 3.8) is 0 Å². The predicted octanol–water partition coefficient (Wildman–Crippen LogP) is 1.39. The molecule has 1 unspecified atom stereocenters. The van der Waals surface area contributed by atoms with Crippen LogP contribution < -0.4 is 5.32 Å². The predicted molar refractivity (Wildman–Crippen MR) is 110 cm³/mol. The van der Waals surface area contributed by atoms with Crippen LogP contribution in [0.4, 0.5) is 4.79 Å². The zero-order valence-corrected chi connectivity index (χ0v) is 17.1. The summed E-state index contributed by atoms with van der Waals surface area (Å²) in [5.74, 6) is 0.381. The molecule has 156 valence electrons. The van der Waals surface area contributed by atoms with Gasteiger partial charge in [-0.3, -0.25) is 4.98 Å². The van der Waals surface area contributed by atoms with Crippen molar-refractivity contribution in [2.45, 2.75) is 38.3 Å². The lowest BCUT2D eigenvalue weighted by atomic mass is 9.99. The quantitative estimate of drug-likeness (QED) is 0.737. The number of carbonyl (C=O) groups excluding carboxylic acids is 1. The molecule has 2 saturated heterocycles. The summed E-state index contributed by atoms with van der Waals surface area (Å²) in [5.41, 5.74) is 1.12. The maximum atomic E-state index is 13.0. The third-order valence-corrected chi connectivity index (χ3v) is 6.06. The fourth-order valence-corrected chi connectivity index (χ4v) is 4.28. The van der Waals surface area contributed by atoms with Crippen LogP contribution in [-0.2, 0) is 6.54 Å². The highest BCUT2D eigenvalue weighted by Gasteiger charge is 2.27.